The molecule has 0 aliphatic carbocycles. The summed E-state index contributed by atoms with van der Waals surface area (Å²) < 4.78 is 0. The molecule has 0 radical (unpaired) electrons. The molecule has 0 aromatic heterocycles. The standard InChI is InChI=1S/C16H26ClNS/c1-5-19-11-10-13(12-18-16(2,3)4)14-8-6-7-9-15(14)17/h6-9,13,18H,5,10-12H2,1-4H3. The third kappa shape index (κ3) is 6.69. The van der Waals surface area contributed by atoms with Crippen LogP contribution >= 0.6 is 23.4 Å². The summed E-state index contributed by atoms with van der Waals surface area (Å²) in [5, 5.41) is 4.50. The van der Waals surface area contributed by atoms with E-state index < -0.39 is 0 Å². The molecule has 19 heavy (non-hydrogen) atoms. The second-order valence-corrected chi connectivity index (χ2v) is 7.64. The van der Waals surface area contributed by atoms with Gasteiger partial charge in [0.25, 0.3) is 0 Å². The number of rotatable bonds is 7. The molecule has 1 nitrogen and oxygen atoms in total. The smallest absolute Gasteiger partial charge is 0.0441 e. The van der Waals surface area contributed by atoms with Gasteiger partial charge in [0.1, 0.15) is 0 Å². The van der Waals surface area contributed by atoms with E-state index in [0.717, 1.165) is 11.6 Å². The summed E-state index contributed by atoms with van der Waals surface area (Å²) in [6.45, 7) is 9.81. The molecule has 1 N–H and O–H groups in total. The Morgan fingerprint density at radius 3 is 2.53 bits per heavy atom. The lowest BCUT2D eigenvalue weighted by atomic mass is 9.95. The molecule has 0 saturated heterocycles. The van der Waals surface area contributed by atoms with Crippen LogP contribution in [0.1, 0.15) is 45.6 Å². The van der Waals surface area contributed by atoms with E-state index >= 15 is 0 Å². The summed E-state index contributed by atoms with van der Waals surface area (Å²) in [6.07, 6.45) is 1.17. The lowest BCUT2D eigenvalue weighted by molar-refractivity contribution is 0.403. The number of thioether (sulfide) groups is 1. The van der Waals surface area contributed by atoms with Gasteiger partial charge in [-0.05, 0) is 56.2 Å². The van der Waals surface area contributed by atoms with E-state index in [2.05, 4.69) is 45.1 Å². The first-order valence-electron chi connectivity index (χ1n) is 7.01. The zero-order chi connectivity index (χ0) is 14.3. The van der Waals surface area contributed by atoms with Crippen molar-refractivity contribution < 1.29 is 0 Å². The molecular formula is C16H26ClNS. The van der Waals surface area contributed by atoms with E-state index in [1.165, 1.54) is 23.5 Å². The maximum atomic E-state index is 6.35. The molecule has 0 spiro atoms. The highest BCUT2D eigenvalue weighted by molar-refractivity contribution is 7.99. The molecule has 0 saturated carbocycles. The Morgan fingerprint density at radius 2 is 1.95 bits per heavy atom. The first kappa shape index (κ1) is 16.9. The molecule has 1 aromatic carbocycles. The topological polar surface area (TPSA) is 12.0 Å². The van der Waals surface area contributed by atoms with E-state index in [0.29, 0.717) is 5.92 Å². The molecular weight excluding hydrogens is 274 g/mol. The maximum absolute atomic E-state index is 6.35. The molecule has 3 heteroatoms. The molecule has 1 rings (SSSR count). The number of hydrogen-bond acceptors (Lipinski definition) is 2. The highest BCUT2D eigenvalue weighted by Crippen LogP contribution is 2.28. The third-order valence-electron chi connectivity index (χ3n) is 3.04. The van der Waals surface area contributed by atoms with Crippen molar-refractivity contribution >= 4 is 23.4 Å². The first-order valence-corrected chi connectivity index (χ1v) is 8.54. The molecule has 1 aromatic rings. The monoisotopic (exact) mass is 299 g/mol. The van der Waals surface area contributed by atoms with Crippen molar-refractivity contribution in [3.63, 3.8) is 0 Å². The minimum absolute atomic E-state index is 0.150. The Morgan fingerprint density at radius 1 is 1.26 bits per heavy atom. The molecule has 108 valence electrons. The second kappa shape index (κ2) is 8.18. The number of nitrogens with one attached hydrogen (secondary N) is 1. The van der Waals surface area contributed by atoms with Gasteiger partial charge in [-0.1, -0.05) is 36.7 Å². The summed E-state index contributed by atoms with van der Waals surface area (Å²) in [5.74, 6) is 2.87. The minimum atomic E-state index is 0.150. The van der Waals surface area contributed by atoms with Gasteiger partial charge >= 0.3 is 0 Å². The quantitative estimate of drug-likeness (QED) is 0.715. The summed E-state index contributed by atoms with van der Waals surface area (Å²) in [7, 11) is 0. The largest absolute Gasteiger partial charge is 0.311 e. The Labute approximate surface area is 127 Å². The van der Waals surface area contributed by atoms with Crippen LogP contribution in [0.4, 0.5) is 0 Å². The van der Waals surface area contributed by atoms with Gasteiger partial charge < -0.3 is 5.32 Å². The second-order valence-electron chi connectivity index (χ2n) is 5.83. The Balaban J connectivity index is 2.71. The van der Waals surface area contributed by atoms with Gasteiger partial charge in [-0.25, -0.2) is 0 Å². The zero-order valence-corrected chi connectivity index (χ0v) is 14.1. The molecule has 0 amide bonds. The molecule has 0 aliphatic rings. The predicted octanol–water partition coefficient (Wildman–Crippen LogP) is 4.95. The summed E-state index contributed by atoms with van der Waals surface area (Å²) in [4.78, 5) is 0. The zero-order valence-electron chi connectivity index (χ0n) is 12.5. The van der Waals surface area contributed by atoms with E-state index in [4.69, 9.17) is 11.6 Å². The van der Waals surface area contributed by atoms with Gasteiger partial charge in [-0.3, -0.25) is 0 Å². The minimum Gasteiger partial charge on any atom is -0.311 e. The SMILES string of the molecule is CCSCCC(CNC(C)(C)C)c1ccccc1Cl. The van der Waals surface area contributed by atoms with Crippen LogP contribution in [-0.4, -0.2) is 23.6 Å². The molecule has 0 bridgehead atoms. The third-order valence-corrected chi connectivity index (χ3v) is 4.32. The van der Waals surface area contributed by atoms with Gasteiger partial charge in [0.15, 0.2) is 0 Å². The van der Waals surface area contributed by atoms with Crippen molar-refractivity contribution in [2.75, 3.05) is 18.1 Å². The van der Waals surface area contributed by atoms with Crippen molar-refractivity contribution in [3.8, 4) is 0 Å². The Bertz CT molecular complexity index is 373. The van der Waals surface area contributed by atoms with E-state index in [1.54, 1.807) is 0 Å². The molecule has 1 atom stereocenters. The van der Waals surface area contributed by atoms with Crippen LogP contribution in [0.2, 0.25) is 5.02 Å². The molecule has 0 heterocycles. The van der Waals surface area contributed by atoms with Crippen LogP contribution in [-0.2, 0) is 0 Å². The molecule has 0 aliphatic heterocycles. The predicted molar refractivity (Wildman–Crippen MR) is 89.6 cm³/mol. The van der Waals surface area contributed by atoms with Crippen LogP contribution in [0.5, 0.6) is 0 Å². The van der Waals surface area contributed by atoms with Crippen molar-refractivity contribution in [1.82, 2.24) is 5.32 Å². The van der Waals surface area contributed by atoms with Gasteiger partial charge in [0, 0.05) is 17.1 Å². The summed E-state index contributed by atoms with van der Waals surface area (Å²) in [6, 6.07) is 8.24. The highest BCUT2D eigenvalue weighted by Gasteiger charge is 2.17. The van der Waals surface area contributed by atoms with Crippen LogP contribution in [0.15, 0.2) is 24.3 Å². The van der Waals surface area contributed by atoms with Gasteiger partial charge in [0.2, 0.25) is 0 Å². The number of hydrogen-bond donors (Lipinski definition) is 1. The summed E-state index contributed by atoms with van der Waals surface area (Å²) in [5.41, 5.74) is 1.43. The van der Waals surface area contributed by atoms with Crippen LogP contribution < -0.4 is 5.32 Å². The first-order chi connectivity index (χ1) is 8.94. The fourth-order valence-corrected chi connectivity index (χ4v) is 3.00. The fraction of sp³-hybridized carbons (Fsp3) is 0.625. The highest BCUT2D eigenvalue weighted by atomic mass is 35.5. The fourth-order valence-electron chi connectivity index (χ4n) is 1.97. The van der Waals surface area contributed by atoms with E-state index in [-0.39, 0.29) is 5.54 Å². The van der Waals surface area contributed by atoms with Gasteiger partial charge in [0.05, 0.1) is 0 Å². The van der Waals surface area contributed by atoms with Crippen molar-refractivity contribution in [2.45, 2.75) is 45.6 Å². The number of halogens is 1. The van der Waals surface area contributed by atoms with Crippen molar-refractivity contribution in [2.24, 2.45) is 0 Å². The Hall–Kier alpha value is -0.180. The van der Waals surface area contributed by atoms with Crippen molar-refractivity contribution in [1.29, 1.82) is 0 Å². The molecule has 1 unspecified atom stereocenters. The lowest BCUT2D eigenvalue weighted by Crippen LogP contribution is -2.38. The molecule has 0 fully saturated rings. The van der Waals surface area contributed by atoms with Crippen LogP contribution in [0, 0.1) is 0 Å². The van der Waals surface area contributed by atoms with Crippen LogP contribution in [0.25, 0.3) is 0 Å². The van der Waals surface area contributed by atoms with E-state index in [1.807, 2.05) is 23.9 Å². The Kier molecular flexibility index (Phi) is 7.27. The van der Waals surface area contributed by atoms with Crippen molar-refractivity contribution in [3.05, 3.63) is 34.9 Å². The average Bonchev–Trinajstić information content (AvgIpc) is 2.33. The number of benzene rings is 1. The lowest BCUT2D eigenvalue weighted by Gasteiger charge is -2.26. The van der Waals surface area contributed by atoms with E-state index in [9.17, 15) is 0 Å². The normalized spacial score (nSPS) is 13.5. The maximum Gasteiger partial charge on any atom is 0.0441 e. The van der Waals surface area contributed by atoms with Gasteiger partial charge in [-0.15, -0.1) is 0 Å². The van der Waals surface area contributed by atoms with Gasteiger partial charge in [-0.2, -0.15) is 11.8 Å². The summed E-state index contributed by atoms with van der Waals surface area (Å²) >= 11 is 8.35. The van der Waals surface area contributed by atoms with Crippen LogP contribution in [0.3, 0.4) is 0 Å². The average molecular weight is 300 g/mol.